The van der Waals surface area contributed by atoms with Crippen molar-refractivity contribution in [2.75, 3.05) is 19.1 Å². The molecule has 1 heterocycles. The van der Waals surface area contributed by atoms with Crippen LogP contribution in [0.25, 0.3) is 0 Å². The molecular weight excluding hydrogens is 341 g/mol. The highest BCUT2D eigenvalue weighted by molar-refractivity contribution is 6.31. The molecule has 1 N–H and O–H groups in total. The molecule has 1 aromatic rings. The summed E-state index contributed by atoms with van der Waals surface area (Å²) in [6.45, 7) is 0. The van der Waals surface area contributed by atoms with Crippen LogP contribution in [0.5, 0.6) is 5.75 Å². The normalized spacial score (nSPS) is 13.8. The molecule has 2 rings (SSSR count). The van der Waals surface area contributed by atoms with E-state index in [0.717, 1.165) is 26.4 Å². The van der Waals surface area contributed by atoms with Gasteiger partial charge in [0.05, 0.1) is 30.5 Å². The van der Waals surface area contributed by atoms with Crippen molar-refractivity contribution in [3.8, 4) is 5.75 Å². The van der Waals surface area contributed by atoms with Crippen molar-refractivity contribution in [2.24, 2.45) is 0 Å². The molecule has 0 fully saturated rings. The van der Waals surface area contributed by atoms with Gasteiger partial charge < -0.3 is 19.5 Å². The van der Waals surface area contributed by atoms with Crippen LogP contribution in [0.4, 0.5) is 10.1 Å². The van der Waals surface area contributed by atoms with E-state index in [2.05, 4.69) is 4.74 Å². The third-order valence-corrected chi connectivity index (χ3v) is 3.46. The van der Waals surface area contributed by atoms with E-state index in [0.29, 0.717) is 0 Å². The SMILES string of the molecule is COC(=O)C1=C(C(=O)OC)N(c2cc(Cl)c(F)cc2O)C=CC=C1. The van der Waals surface area contributed by atoms with Gasteiger partial charge in [0, 0.05) is 12.3 Å². The minimum atomic E-state index is -0.855. The number of methoxy groups -OCH3 is 2. The first kappa shape index (κ1) is 17.6. The smallest absolute Gasteiger partial charge is 0.355 e. The molecule has 8 heteroatoms. The lowest BCUT2D eigenvalue weighted by Gasteiger charge is -2.24. The molecule has 0 radical (unpaired) electrons. The van der Waals surface area contributed by atoms with Crippen LogP contribution in [0.3, 0.4) is 0 Å². The van der Waals surface area contributed by atoms with E-state index < -0.39 is 23.5 Å². The standard InChI is InChI=1S/C16H13ClFNO5/c1-23-15(21)9-5-3-4-6-19(14(9)16(22)24-2)12-7-10(17)11(18)8-13(12)20/h3-8,20H,1-2H3. The highest BCUT2D eigenvalue weighted by Gasteiger charge is 2.29. The number of ether oxygens (including phenoxy) is 2. The van der Waals surface area contributed by atoms with E-state index in [1.807, 2.05) is 0 Å². The zero-order chi connectivity index (χ0) is 17.9. The van der Waals surface area contributed by atoms with Gasteiger partial charge in [-0.05, 0) is 18.2 Å². The van der Waals surface area contributed by atoms with Gasteiger partial charge in [0.1, 0.15) is 17.3 Å². The van der Waals surface area contributed by atoms with Crippen molar-refractivity contribution in [1.82, 2.24) is 0 Å². The Morgan fingerprint density at radius 3 is 2.46 bits per heavy atom. The molecule has 0 atom stereocenters. The number of anilines is 1. The van der Waals surface area contributed by atoms with Crippen LogP contribution in [0.2, 0.25) is 5.02 Å². The summed E-state index contributed by atoms with van der Waals surface area (Å²) in [5, 5.41) is 9.76. The van der Waals surface area contributed by atoms with E-state index in [1.165, 1.54) is 29.3 Å². The van der Waals surface area contributed by atoms with E-state index in [4.69, 9.17) is 16.3 Å². The van der Waals surface area contributed by atoms with Crippen molar-refractivity contribution in [1.29, 1.82) is 0 Å². The summed E-state index contributed by atoms with van der Waals surface area (Å²) in [7, 11) is 2.30. The Labute approximate surface area is 142 Å². The molecule has 0 bridgehead atoms. The molecule has 0 saturated heterocycles. The Bertz CT molecular complexity index is 785. The van der Waals surface area contributed by atoms with Gasteiger partial charge in [0.15, 0.2) is 0 Å². The summed E-state index contributed by atoms with van der Waals surface area (Å²) in [5.41, 5.74) is -0.329. The Kier molecular flexibility index (Phi) is 5.25. The molecule has 6 nitrogen and oxygen atoms in total. The fraction of sp³-hybridized carbons (Fsp3) is 0.125. The monoisotopic (exact) mass is 353 g/mol. The first-order valence-corrected chi connectivity index (χ1v) is 7.01. The van der Waals surface area contributed by atoms with E-state index in [1.54, 1.807) is 0 Å². The lowest BCUT2D eigenvalue weighted by Crippen LogP contribution is -2.27. The molecule has 24 heavy (non-hydrogen) atoms. The number of carbonyl (C=O) groups is 2. The van der Waals surface area contributed by atoms with Crippen LogP contribution in [-0.2, 0) is 19.1 Å². The van der Waals surface area contributed by atoms with Gasteiger partial charge in [-0.15, -0.1) is 0 Å². The average Bonchev–Trinajstić information content (AvgIpc) is 2.79. The summed E-state index contributed by atoms with van der Waals surface area (Å²) < 4.78 is 22.9. The van der Waals surface area contributed by atoms with E-state index in [-0.39, 0.29) is 22.0 Å². The summed E-state index contributed by atoms with van der Waals surface area (Å²) in [6, 6.07) is 1.93. The molecule has 1 aromatic carbocycles. The van der Waals surface area contributed by atoms with Crippen molar-refractivity contribution in [2.45, 2.75) is 0 Å². The highest BCUT2D eigenvalue weighted by Crippen LogP contribution is 2.36. The summed E-state index contributed by atoms with van der Waals surface area (Å²) in [5.74, 6) is -2.94. The molecule has 0 aliphatic carbocycles. The van der Waals surface area contributed by atoms with Crippen LogP contribution in [0, 0.1) is 5.82 Å². The molecule has 1 aliphatic rings. The largest absolute Gasteiger partial charge is 0.506 e. The topological polar surface area (TPSA) is 76.1 Å². The van der Waals surface area contributed by atoms with Crippen LogP contribution in [-0.4, -0.2) is 31.3 Å². The van der Waals surface area contributed by atoms with Gasteiger partial charge in [0.25, 0.3) is 0 Å². The predicted octanol–water partition coefficient (Wildman–Crippen LogP) is 2.67. The Morgan fingerprint density at radius 1 is 1.17 bits per heavy atom. The first-order chi connectivity index (χ1) is 11.4. The highest BCUT2D eigenvalue weighted by atomic mass is 35.5. The molecule has 0 saturated carbocycles. The van der Waals surface area contributed by atoms with Crippen LogP contribution >= 0.6 is 11.6 Å². The molecule has 0 aromatic heterocycles. The second-order valence-electron chi connectivity index (χ2n) is 4.57. The van der Waals surface area contributed by atoms with Crippen LogP contribution < -0.4 is 4.90 Å². The predicted molar refractivity (Wildman–Crippen MR) is 84.9 cm³/mol. The average molecular weight is 354 g/mol. The number of allylic oxidation sites excluding steroid dienone is 2. The second-order valence-corrected chi connectivity index (χ2v) is 4.98. The lowest BCUT2D eigenvalue weighted by atomic mass is 10.1. The number of nitrogens with zero attached hydrogens (tertiary/aromatic N) is 1. The maximum absolute atomic E-state index is 13.5. The van der Waals surface area contributed by atoms with Crippen molar-refractivity contribution in [3.05, 3.63) is 58.7 Å². The van der Waals surface area contributed by atoms with Gasteiger partial charge in [-0.25, -0.2) is 14.0 Å². The minimum absolute atomic E-state index is 0.0110. The molecular formula is C16H13ClFNO5. The van der Waals surface area contributed by atoms with Crippen molar-refractivity contribution >= 4 is 29.2 Å². The third kappa shape index (κ3) is 3.26. The summed E-state index contributed by atoms with van der Waals surface area (Å²) in [6.07, 6.45) is 5.76. The van der Waals surface area contributed by atoms with Gasteiger partial charge in [-0.3, -0.25) is 0 Å². The first-order valence-electron chi connectivity index (χ1n) is 6.63. The molecule has 0 amide bonds. The quantitative estimate of drug-likeness (QED) is 0.842. The number of esters is 2. The number of phenols is 1. The summed E-state index contributed by atoms with van der Waals surface area (Å²) in [4.78, 5) is 25.4. The zero-order valence-corrected chi connectivity index (χ0v) is 13.5. The van der Waals surface area contributed by atoms with E-state index >= 15 is 0 Å². The summed E-state index contributed by atoms with van der Waals surface area (Å²) >= 11 is 5.76. The van der Waals surface area contributed by atoms with Crippen LogP contribution in [0.1, 0.15) is 0 Å². The number of halogens is 2. The van der Waals surface area contributed by atoms with Crippen LogP contribution in [0.15, 0.2) is 47.8 Å². The van der Waals surface area contributed by atoms with Crippen molar-refractivity contribution < 1.29 is 28.6 Å². The maximum Gasteiger partial charge on any atom is 0.355 e. The number of hydrogen-bond acceptors (Lipinski definition) is 6. The Hall–Kier alpha value is -2.80. The van der Waals surface area contributed by atoms with Gasteiger partial charge in [0.2, 0.25) is 0 Å². The number of hydrogen-bond donors (Lipinski definition) is 1. The number of phenolic OH excluding ortho intramolecular Hbond substituents is 1. The molecule has 126 valence electrons. The zero-order valence-electron chi connectivity index (χ0n) is 12.7. The fourth-order valence-electron chi connectivity index (χ4n) is 2.07. The minimum Gasteiger partial charge on any atom is -0.506 e. The van der Waals surface area contributed by atoms with Gasteiger partial charge in [-0.2, -0.15) is 0 Å². The number of benzene rings is 1. The lowest BCUT2D eigenvalue weighted by molar-refractivity contribution is -0.139. The molecule has 0 unspecified atom stereocenters. The fourth-order valence-corrected chi connectivity index (χ4v) is 2.23. The van der Waals surface area contributed by atoms with Gasteiger partial charge >= 0.3 is 11.9 Å². The Morgan fingerprint density at radius 2 is 1.83 bits per heavy atom. The Balaban J connectivity index is 2.72. The second kappa shape index (κ2) is 7.18. The third-order valence-electron chi connectivity index (χ3n) is 3.17. The molecule has 1 aliphatic heterocycles. The van der Waals surface area contributed by atoms with Gasteiger partial charge in [-0.1, -0.05) is 17.7 Å². The maximum atomic E-state index is 13.5. The number of aromatic hydroxyl groups is 1. The van der Waals surface area contributed by atoms with E-state index in [9.17, 15) is 19.1 Å². The van der Waals surface area contributed by atoms with Crippen molar-refractivity contribution in [3.63, 3.8) is 0 Å². The number of rotatable bonds is 3. The number of carbonyl (C=O) groups excluding carboxylic acids is 2. The molecule has 0 spiro atoms.